The Labute approximate surface area is 132 Å². The van der Waals surface area contributed by atoms with Gasteiger partial charge < -0.3 is 20.1 Å². The quantitative estimate of drug-likeness (QED) is 0.305. The monoisotopic (exact) mass is 337 g/mol. The van der Waals surface area contributed by atoms with Crippen LogP contribution in [0.25, 0.3) is 0 Å². The van der Waals surface area contributed by atoms with Crippen molar-refractivity contribution in [3.05, 3.63) is 11.6 Å². The van der Waals surface area contributed by atoms with Gasteiger partial charge in [-0.15, -0.1) is 0 Å². The molecule has 1 rings (SSSR count). The lowest BCUT2D eigenvalue weighted by Gasteiger charge is -2.10. The maximum atomic E-state index is 10.0. The number of aliphatic hydroxyl groups is 3. The summed E-state index contributed by atoms with van der Waals surface area (Å²) in [6.07, 6.45) is 4.36. The molecule has 0 aromatic rings. The SMILES string of the molecule is CCCCCCCCC[P+](O)(O)/C=C1/OC(CO)C(O)C1O. The van der Waals surface area contributed by atoms with Gasteiger partial charge in [-0.1, -0.05) is 39.0 Å². The molecule has 0 spiro atoms. The number of aliphatic hydroxyl groups excluding tert-OH is 3. The minimum atomic E-state index is -3.29. The average molecular weight is 337 g/mol. The molecule has 0 amide bonds. The largest absolute Gasteiger partial charge is 0.483 e. The second kappa shape index (κ2) is 9.81. The van der Waals surface area contributed by atoms with E-state index < -0.39 is 32.6 Å². The second-order valence-electron chi connectivity index (χ2n) is 5.94. The van der Waals surface area contributed by atoms with Crippen LogP contribution in [0.2, 0.25) is 0 Å². The van der Waals surface area contributed by atoms with E-state index in [1.165, 1.54) is 25.7 Å². The number of ether oxygens (including phenoxy) is 1. The zero-order valence-electron chi connectivity index (χ0n) is 13.3. The Morgan fingerprint density at radius 2 is 1.64 bits per heavy atom. The summed E-state index contributed by atoms with van der Waals surface area (Å²) in [5.41, 5.74) is 0. The zero-order chi connectivity index (χ0) is 16.6. The van der Waals surface area contributed by atoms with Crippen LogP contribution in [0.15, 0.2) is 11.6 Å². The third-order valence-electron chi connectivity index (χ3n) is 3.89. The Kier molecular flexibility index (Phi) is 8.83. The van der Waals surface area contributed by atoms with Gasteiger partial charge in [0, 0.05) is 0 Å². The number of unbranched alkanes of at least 4 members (excludes halogenated alkanes) is 6. The minimum Gasteiger partial charge on any atom is -0.483 e. The lowest BCUT2D eigenvalue weighted by molar-refractivity contribution is -0.00286. The maximum Gasteiger partial charge on any atom is 0.296 e. The molecule has 0 saturated carbocycles. The topological polar surface area (TPSA) is 110 Å². The van der Waals surface area contributed by atoms with Crippen LogP contribution in [0.3, 0.4) is 0 Å². The lowest BCUT2D eigenvalue weighted by atomic mass is 10.1. The molecule has 1 aliphatic heterocycles. The van der Waals surface area contributed by atoms with Crippen molar-refractivity contribution in [1.29, 1.82) is 0 Å². The van der Waals surface area contributed by atoms with Gasteiger partial charge in [0.15, 0.2) is 17.7 Å². The normalized spacial score (nSPS) is 27.4. The predicted octanol–water partition coefficient (Wildman–Crippen LogP) is 1.52. The van der Waals surface area contributed by atoms with Crippen LogP contribution in [-0.2, 0) is 4.74 Å². The average Bonchev–Trinajstić information content (AvgIpc) is 2.73. The molecule has 22 heavy (non-hydrogen) atoms. The molecule has 5 N–H and O–H groups in total. The molecule has 1 heterocycles. The zero-order valence-corrected chi connectivity index (χ0v) is 14.2. The van der Waals surface area contributed by atoms with Crippen LogP contribution in [0.1, 0.15) is 51.9 Å². The van der Waals surface area contributed by atoms with Crippen molar-refractivity contribution >= 4 is 7.72 Å². The molecular formula is C15H30O6P+. The van der Waals surface area contributed by atoms with E-state index in [0.717, 1.165) is 18.7 Å². The van der Waals surface area contributed by atoms with Crippen molar-refractivity contribution in [3.8, 4) is 0 Å². The van der Waals surface area contributed by atoms with Crippen LogP contribution in [0.4, 0.5) is 0 Å². The van der Waals surface area contributed by atoms with Gasteiger partial charge in [-0.25, -0.2) is 9.79 Å². The Morgan fingerprint density at radius 3 is 2.18 bits per heavy atom. The first-order valence-electron chi connectivity index (χ1n) is 8.11. The molecule has 1 fully saturated rings. The summed E-state index contributed by atoms with van der Waals surface area (Å²) >= 11 is 0. The van der Waals surface area contributed by atoms with E-state index in [0.29, 0.717) is 6.42 Å². The molecule has 0 aromatic heterocycles. The fraction of sp³-hybridized carbons (Fsp3) is 0.867. The number of hydrogen-bond donors (Lipinski definition) is 5. The van der Waals surface area contributed by atoms with Crippen LogP contribution in [0, 0.1) is 0 Å². The summed E-state index contributed by atoms with van der Waals surface area (Å²) in [4.78, 5) is 20.1. The van der Waals surface area contributed by atoms with E-state index in [1.54, 1.807) is 0 Å². The van der Waals surface area contributed by atoms with Gasteiger partial charge in [0.05, 0.1) is 6.61 Å². The fourth-order valence-electron chi connectivity index (χ4n) is 2.51. The molecule has 1 saturated heterocycles. The summed E-state index contributed by atoms with van der Waals surface area (Å²) in [6.45, 7) is 1.73. The van der Waals surface area contributed by atoms with Crippen LogP contribution >= 0.6 is 7.72 Å². The molecule has 0 radical (unpaired) electrons. The van der Waals surface area contributed by atoms with E-state index in [9.17, 15) is 20.0 Å². The highest BCUT2D eigenvalue weighted by atomic mass is 31.2. The third kappa shape index (κ3) is 6.49. The van der Waals surface area contributed by atoms with Crippen molar-refractivity contribution in [3.63, 3.8) is 0 Å². The number of hydrogen-bond acceptors (Lipinski definition) is 6. The highest BCUT2D eigenvalue weighted by Gasteiger charge is 2.43. The molecular weight excluding hydrogens is 307 g/mol. The lowest BCUT2D eigenvalue weighted by Crippen LogP contribution is -2.31. The summed E-state index contributed by atoms with van der Waals surface area (Å²) < 4.78 is 5.16. The van der Waals surface area contributed by atoms with E-state index in [-0.39, 0.29) is 11.9 Å². The summed E-state index contributed by atoms with van der Waals surface area (Å²) in [7, 11) is -3.29. The fourth-order valence-corrected chi connectivity index (χ4v) is 3.95. The van der Waals surface area contributed by atoms with E-state index >= 15 is 0 Å². The van der Waals surface area contributed by atoms with E-state index in [4.69, 9.17) is 9.84 Å². The molecule has 0 bridgehead atoms. The number of rotatable bonds is 10. The summed E-state index contributed by atoms with van der Waals surface area (Å²) in [6, 6.07) is 0. The third-order valence-corrected chi connectivity index (χ3v) is 5.53. The van der Waals surface area contributed by atoms with Crippen molar-refractivity contribution in [2.45, 2.75) is 70.2 Å². The smallest absolute Gasteiger partial charge is 0.296 e. The van der Waals surface area contributed by atoms with Gasteiger partial charge in [-0.2, -0.15) is 0 Å². The van der Waals surface area contributed by atoms with Gasteiger partial charge in [0.25, 0.3) is 7.72 Å². The molecule has 130 valence electrons. The molecule has 0 aliphatic carbocycles. The van der Waals surface area contributed by atoms with Gasteiger partial charge in [0.1, 0.15) is 18.4 Å². The highest BCUT2D eigenvalue weighted by Crippen LogP contribution is 2.54. The molecule has 0 aromatic carbocycles. The molecule has 1 aliphatic rings. The van der Waals surface area contributed by atoms with Gasteiger partial charge in [0.2, 0.25) is 0 Å². The van der Waals surface area contributed by atoms with Crippen molar-refractivity contribution in [2.24, 2.45) is 0 Å². The highest BCUT2D eigenvalue weighted by molar-refractivity contribution is 7.67. The van der Waals surface area contributed by atoms with E-state index in [1.807, 2.05) is 0 Å². The Hall–Kier alpha value is -0.230. The maximum absolute atomic E-state index is 10.0. The molecule has 6 nitrogen and oxygen atoms in total. The van der Waals surface area contributed by atoms with Crippen LogP contribution < -0.4 is 0 Å². The van der Waals surface area contributed by atoms with Crippen molar-refractivity contribution in [2.75, 3.05) is 12.8 Å². The molecule has 3 unspecified atom stereocenters. The predicted molar refractivity (Wildman–Crippen MR) is 86.3 cm³/mol. The summed E-state index contributed by atoms with van der Waals surface area (Å²) in [5, 5.41) is 28.4. The Balaban J connectivity index is 2.35. The summed E-state index contributed by atoms with van der Waals surface area (Å²) in [5.74, 6) is 1.08. The molecule has 3 atom stereocenters. The first kappa shape index (κ1) is 19.8. The minimum absolute atomic E-state index is 0.0483. The first-order chi connectivity index (χ1) is 10.4. The first-order valence-corrected chi connectivity index (χ1v) is 10.1. The van der Waals surface area contributed by atoms with E-state index in [2.05, 4.69) is 6.92 Å². The van der Waals surface area contributed by atoms with Crippen LogP contribution in [-0.4, -0.2) is 56.2 Å². The van der Waals surface area contributed by atoms with Gasteiger partial charge >= 0.3 is 0 Å². The Bertz CT molecular complexity index is 347. The van der Waals surface area contributed by atoms with Gasteiger partial charge in [-0.3, -0.25) is 0 Å². The van der Waals surface area contributed by atoms with Crippen molar-refractivity contribution in [1.82, 2.24) is 0 Å². The Morgan fingerprint density at radius 1 is 1.05 bits per heavy atom. The molecule has 7 heteroatoms. The van der Waals surface area contributed by atoms with Gasteiger partial charge in [-0.05, 0) is 12.8 Å². The second-order valence-corrected chi connectivity index (χ2v) is 8.21. The standard InChI is InChI=1S/C15H30O6P/c1-2-3-4-5-6-7-8-9-22(19,20)11-13-15(18)14(17)12(10-16)21-13/h11-12,14-20H,2-10H2,1H3/q+1/b13-11+. The van der Waals surface area contributed by atoms with Crippen molar-refractivity contribution < 1.29 is 29.8 Å². The van der Waals surface area contributed by atoms with Crippen LogP contribution in [0.5, 0.6) is 0 Å².